The van der Waals surface area contributed by atoms with Crippen molar-refractivity contribution in [3.05, 3.63) is 92.4 Å². The first kappa shape index (κ1) is 21.3. The number of rotatable bonds is 4. The highest BCUT2D eigenvalue weighted by Gasteiger charge is 2.43. The second kappa shape index (κ2) is 8.30. The summed E-state index contributed by atoms with van der Waals surface area (Å²) in [5.74, 6) is -1.28. The van der Waals surface area contributed by atoms with Crippen molar-refractivity contribution in [2.24, 2.45) is 5.73 Å². The van der Waals surface area contributed by atoms with Gasteiger partial charge in [-0.1, -0.05) is 29.8 Å². The maximum absolute atomic E-state index is 13.2. The van der Waals surface area contributed by atoms with Gasteiger partial charge in [0.25, 0.3) is 5.69 Å². The number of carbonyl (C=O) groups excluding carboxylic acids is 2. The monoisotopic (exact) mass is 433 g/mol. The molecule has 0 saturated heterocycles. The van der Waals surface area contributed by atoms with Crippen LogP contribution in [0.15, 0.2) is 71.2 Å². The maximum Gasteiger partial charge on any atom is 0.338 e. The number of anilines is 1. The van der Waals surface area contributed by atoms with E-state index in [-0.39, 0.29) is 22.9 Å². The number of nitrogens with zero attached hydrogens (tertiary/aromatic N) is 2. The average Bonchev–Trinajstić information content (AvgIpc) is 2.79. The van der Waals surface area contributed by atoms with Gasteiger partial charge in [0, 0.05) is 35.5 Å². The number of allylic oxidation sites excluding steroid dienone is 2. The van der Waals surface area contributed by atoms with Crippen LogP contribution in [0.5, 0.6) is 0 Å². The lowest BCUT2D eigenvalue weighted by Gasteiger charge is -2.40. The van der Waals surface area contributed by atoms with Gasteiger partial charge in [-0.25, -0.2) is 4.79 Å². The molecule has 0 unspecified atom stereocenters. The molecular weight excluding hydrogens is 410 g/mol. The Morgan fingerprint density at radius 2 is 1.78 bits per heavy atom. The molecule has 0 aromatic heterocycles. The zero-order chi connectivity index (χ0) is 23.0. The van der Waals surface area contributed by atoms with E-state index in [9.17, 15) is 19.7 Å². The van der Waals surface area contributed by atoms with Gasteiger partial charge >= 0.3 is 5.97 Å². The molecule has 164 valence electrons. The molecule has 1 aliphatic carbocycles. The van der Waals surface area contributed by atoms with Gasteiger partial charge in [-0.2, -0.15) is 0 Å². The highest BCUT2D eigenvalue weighted by Crippen LogP contribution is 2.46. The number of hydrogen-bond donors (Lipinski definition) is 1. The van der Waals surface area contributed by atoms with E-state index in [4.69, 9.17) is 10.5 Å². The third-order valence-corrected chi connectivity index (χ3v) is 5.93. The lowest BCUT2D eigenvalue weighted by atomic mass is 9.75. The lowest BCUT2D eigenvalue weighted by molar-refractivity contribution is -0.384. The summed E-state index contributed by atoms with van der Waals surface area (Å²) in [6.07, 6.45) is 1.65. The van der Waals surface area contributed by atoms with Crippen LogP contribution in [0.1, 0.15) is 36.3 Å². The summed E-state index contributed by atoms with van der Waals surface area (Å²) < 4.78 is 5.05. The van der Waals surface area contributed by atoms with Crippen molar-refractivity contribution in [1.29, 1.82) is 0 Å². The van der Waals surface area contributed by atoms with E-state index < -0.39 is 16.8 Å². The Labute approximate surface area is 185 Å². The molecule has 8 nitrogen and oxygen atoms in total. The fourth-order valence-corrected chi connectivity index (χ4v) is 4.41. The molecule has 0 saturated carbocycles. The zero-order valence-corrected chi connectivity index (χ0v) is 17.8. The number of methoxy groups -OCH3 is 1. The summed E-state index contributed by atoms with van der Waals surface area (Å²) in [6.45, 7) is 1.97. The minimum atomic E-state index is -0.757. The Balaban J connectivity index is 1.96. The standard InChI is InChI=1S/C24H23N3O5/c1-14-6-10-16(11-7-14)26-18-4-3-5-19(28)21(18)20(22(23(26)25)24(29)32-2)15-8-12-17(13-9-15)27(30)31/h6-13,20H,3-5,25H2,1-2H3/t20-/m1/s1. The van der Waals surface area contributed by atoms with Crippen LogP contribution >= 0.6 is 0 Å². The van der Waals surface area contributed by atoms with Crippen LogP contribution in [0.3, 0.4) is 0 Å². The van der Waals surface area contributed by atoms with Crippen molar-refractivity contribution in [2.75, 3.05) is 12.0 Å². The average molecular weight is 433 g/mol. The van der Waals surface area contributed by atoms with E-state index in [2.05, 4.69) is 0 Å². The maximum atomic E-state index is 13.2. The summed E-state index contributed by atoms with van der Waals surface area (Å²) in [5, 5.41) is 11.1. The zero-order valence-electron chi connectivity index (χ0n) is 17.8. The summed E-state index contributed by atoms with van der Waals surface area (Å²) in [7, 11) is 1.26. The Morgan fingerprint density at radius 3 is 2.38 bits per heavy atom. The minimum Gasteiger partial charge on any atom is -0.466 e. The highest BCUT2D eigenvalue weighted by atomic mass is 16.6. The topological polar surface area (TPSA) is 116 Å². The molecule has 2 aromatic rings. The smallest absolute Gasteiger partial charge is 0.338 e. The Morgan fingerprint density at radius 1 is 1.12 bits per heavy atom. The van der Waals surface area contributed by atoms with Crippen LogP contribution in [0.2, 0.25) is 0 Å². The third kappa shape index (κ3) is 3.53. The van der Waals surface area contributed by atoms with Crippen molar-refractivity contribution in [3.63, 3.8) is 0 Å². The van der Waals surface area contributed by atoms with Crippen molar-refractivity contribution in [1.82, 2.24) is 0 Å². The fourth-order valence-electron chi connectivity index (χ4n) is 4.41. The summed E-state index contributed by atoms with van der Waals surface area (Å²) in [6, 6.07) is 13.5. The number of non-ortho nitro benzene ring substituents is 1. The second-order valence-corrected chi connectivity index (χ2v) is 7.88. The molecule has 1 atom stereocenters. The molecule has 0 fully saturated rings. The van der Waals surface area contributed by atoms with Crippen LogP contribution < -0.4 is 10.6 Å². The molecule has 0 spiro atoms. The van der Waals surface area contributed by atoms with Crippen molar-refractivity contribution in [3.8, 4) is 0 Å². The van der Waals surface area contributed by atoms with Gasteiger partial charge in [0.2, 0.25) is 0 Å². The van der Waals surface area contributed by atoms with E-state index in [0.29, 0.717) is 30.4 Å². The molecule has 32 heavy (non-hydrogen) atoms. The van der Waals surface area contributed by atoms with Crippen LogP contribution in [0.25, 0.3) is 0 Å². The predicted molar refractivity (Wildman–Crippen MR) is 119 cm³/mol. The first-order valence-electron chi connectivity index (χ1n) is 10.3. The number of esters is 1. The molecule has 1 aliphatic heterocycles. The SMILES string of the molecule is COC(=O)C1=C(N)N(c2ccc(C)cc2)C2=C(C(=O)CCC2)[C@H]1c1ccc([N+](=O)[O-])cc1. The van der Waals surface area contributed by atoms with Crippen LogP contribution in [0.4, 0.5) is 11.4 Å². The molecule has 0 amide bonds. The number of ketones is 1. The first-order chi connectivity index (χ1) is 15.3. The number of nitro groups is 1. The Kier molecular flexibility index (Phi) is 5.52. The number of nitrogens with two attached hydrogens (primary N) is 1. The molecule has 4 rings (SSSR count). The predicted octanol–water partition coefficient (Wildman–Crippen LogP) is 3.86. The van der Waals surface area contributed by atoms with Gasteiger partial charge in [0.15, 0.2) is 5.78 Å². The molecule has 1 heterocycles. The van der Waals surface area contributed by atoms with E-state index >= 15 is 0 Å². The van der Waals surface area contributed by atoms with Crippen LogP contribution in [-0.2, 0) is 14.3 Å². The summed E-state index contributed by atoms with van der Waals surface area (Å²) in [5.41, 5.74) is 10.3. The van der Waals surface area contributed by atoms with Crippen molar-refractivity contribution in [2.45, 2.75) is 32.1 Å². The summed E-state index contributed by atoms with van der Waals surface area (Å²) in [4.78, 5) is 38.5. The van der Waals surface area contributed by atoms with Gasteiger partial charge < -0.3 is 10.5 Å². The molecular formula is C24H23N3O5. The van der Waals surface area contributed by atoms with Crippen molar-refractivity contribution < 1.29 is 19.2 Å². The number of benzene rings is 2. The Hall–Kier alpha value is -3.94. The largest absolute Gasteiger partial charge is 0.466 e. The number of carbonyl (C=O) groups is 2. The molecule has 0 bridgehead atoms. The van der Waals surface area contributed by atoms with E-state index in [0.717, 1.165) is 16.9 Å². The molecule has 2 aliphatic rings. The second-order valence-electron chi connectivity index (χ2n) is 7.88. The van der Waals surface area contributed by atoms with Crippen LogP contribution in [-0.4, -0.2) is 23.8 Å². The molecule has 2 aromatic carbocycles. The van der Waals surface area contributed by atoms with Gasteiger partial charge in [-0.15, -0.1) is 0 Å². The number of aryl methyl sites for hydroxylation is 1. The highest BCUT2D eigenvalue weighted by molar-refractivity contribution is 6.05. The van der Waals surface area contributed by atoms with E-state index in [1.54, 1.807) is 17.0 Å². The first-order valence-corrected chi connectivity index (χ1v) is 10.3. The van der Waals surface area contributed by atoms with E-state index in [1.807, 2.05) is 31.2 Å². The number of Topliss-reactive ketones (excluding diaryl/α,β-unsaturated/α-hetero) is 1. The van der Waals surface area contributed by atoms with Gasteiger partial charge in [0.05, 0.1) is 23.5 Å². The van der Waals surface area contributed by atoms with E-state index in [1.165, 1.54) is 19.2 Å². The van der Waals surface area contributed by atoms with Gasteiger partial charge in [-0.05, 0) is 37.5 Å². The summed E-state index contributed by atoms with van der Waals surface area (Å²) >= 11 is 0. The van der Waals surface area contributed by atoms with Crippen molar-refractivity contribution >= 4 is 23.1 Å². The number of hydrogen-bond acceptors (Lipinski definition) is 7. The third-order valence-electron chi connectivity index (χ3n) is 5.93. The molecule has 0 radical (unpaired) electrons. The number of nitro benzene ring substituents is 1. The minimum absolute atomic E-state index is 0.0689. The number of ether oxygens (including phenoxy) is 1. The Bertz CT molecular complexity index is 1160. The normalized spacial score (nSPS) is 18.5. The quantitative estimate of drug-likeness (QED) is 0.442. The fraction of sp³-hybridized carbons (Fsp3) is 0.250. The van der Waals surface area contributed by atoms with Gasteiger partial charge in [0.1, 0.15) is 5.82 Å². The molecule has 2 N–H and O–H groups in total. The van der Waals surface area contributed by atoms with Crippen LogP contribution in [0, 0.1) is 17.0 Å². The lowest BCUT2D eigenvalue weighted by Crippen LogP contribution is -2.40. The molecule has 8 heteroatoms. The van der Waals surface area contributed by atoms with Gasteiger partial charge in [-0.3, -0.25) is 19.8 Å².